The van der Waals surface area contributed by atoms with Crippen molar-refractivity contribution in [1.82, 2.24) is 15.2 Å². The maximum atomic E-state index is 12.7. The van der Waals surface area contributed by atoms with E-state index in [1.54, 1.807) is 24.1 Å². The lowest BCUT2D eigenvalue weighted by atomic mass is 10.1. The van der Waals surface area contributed by atoms with Crippen molar-refractivity contribution in [3.63, 3.8) is 0 Å². The first-order valence-electron chi connectivity index (χ1n) is 9.59. The standard InChI is InChI=1S/C22H20N4O5/c1-25-20-17(24-19(31-20)18(27)23-11-14-5-3-2-4-6-14)13-26(22(25)30)12-15-7-9-16(10-8-15)21(28)29/h2-10H,11-13H2,1H3,(H,23,27)(H,28,29). The lowest BCUT2D eigenvalue weighted by molar-refractivity contribution is 0.0696. The van der Waals surface area contributed by atoms with Crippen LogP contribution in [0.4, 0.5) is 10.7 Å². The zero-order chi connectivity index (χ0) is 22.0. The quantitative estimate of drug-likeness (QED) is 0.634. The molecular weight excluding hydrogens is 400 g/mol. The summed E-state index contributed by atoms with van der Waals surface area (Å²) in [5.41, 5.74) is 2.38. The number of nitrogens with zero attached hydrogens (tertiary/aromatic N) is 3. The lowest BCUT2D eigenvalue weighted by Crippen LogP contribution is -2.44. The van der Waals surface area contributed by atoms with Gasteiger partial charge >= 0.3 is 17.9 Å². The Labute approximate surface area is 177 Å². The van der Waals surface area contributed by atoms with E-state index >= 15 is 0 Å². The van der Waals surface area contributed by atoms with Crippen LogP contribution in [0.3, 0.4) is 0 Å². The van der Waals surface area contributed by atoms with Gasteiger partial charge in [-0.3, -0.25) is 9.69 Å². The molecular formula is C22H20N4O5. The topological polar surface area (TPSA) is 116 Å². The largest absolute Gasteiger partial charge is 0.478 e. The first-order valence-corrected chi connectivity index (χ1v) is 9.59. The number of anilines is 1. The van der Waals surface area contributed by atoms with Gasteiger partial charge in [0.05, 0.1) is 12.1 Å². The summed E-state index contributed by atoms with van der Waals surface area (Å²) in [5, 5.41) is 11.8. The maximum absolute atomic E-state index is 12.7. The number of nitrogens with one attached hydrogen (secondary N) is 1. The predicted molar refractivity (Wildman–Crippen MR) is 111 cm³/mol. The van der Waals surface area contributed by atoms with Gasteiger partial charge in [0.15, 0.2) is 0 Å². The molecule has 2 aromatic carbocycles. The van der Waals surface area contributed by atoms with Crippen LogP contribution in [0.25, 0.3) is 0 Å². The molecule has 0 atom stereocenters. The Morgan fingerprint density at radius 1 is 1.10 bits per heavy atom. The van der Waals surface area contributed by atoms with Crippen molar-refractivity contribution in [2.75, 3.05) is 11.9 Å². The van der Waals surface area contributed by atoms with Gasteiger partial charge in [0.25, 0.3) is 5.89 Å². The first kappa shape index (κ1) is 20.1. The number of benzene rings is 2. The van der Waals surface area contributed by atoms with Crippen molar-refractivity contribution in [2.45, 2.75) is 19.6 Å². The van der Waals surface area contributed by atoms with Crippen molar-refractivity contribution in [1.29, 1.82) is 0 Å². The number of carbonyl (C=O) groups excluding carboxylic acids is 2. The number of oxazole rings is 1. The highest BCUT2D eigenvalue weighted by molar-refractivity contribution is 5.94. The second-order valence-electron chi connectivity index (χ2n) is 7.14. The molecule has 4 rings (SSSR count). The Bertz CT molecular complexity index is 1120. The zero-order valence-corrected chi connectivity index (χ0v) is 16.7. The summed E-state index contributed by atoms with van der Waals surface area (Å²) in [4.78, 5) is 43.3. The normalized spacial score (nSPS) is 13.1. The number of fused-ring (bicyclic) bond motifs is 1. The van der Waals surface area contributed by atoms with E-state index in [0.29, 0.717) is 12.2 Å². The summed E-state index contributed by atoms with van der Waals surface area (Å²) < 4.78 is 5.57. The molecule has 2 heterocycles. The third-order valence-electron chi connectivity index (χ3n) is 4.94. The molecule has 3 aromatic rings. The van der Waals surface area contributed by atoms with E-state index in [1.165, 1.54) is 17.0 Å². The van der Waals surface area contributed by atoms with Gasteiger partial charge in [-0.2, -0.15) is 0 Å². The third-order valence-corrected chi connectivity index (χ3v) is 4.94. The molecule has 158 valence electrons. The highest BCUT2D eigenvalue weighted by atomic mass is 16.4. The van der Waals surface area contributed by atoms with Crippen LogP contribution in [0.5, 0.6) is 0 Å². The van der Waals surface area contributed by atoms with E-state index in [1.807, 2.05) is 30.3 Å². The fourth-order valence-electron chi connectivity index (χ4n) is 3.30. The van der Waals surface area contributed by atoms with Crippen molar-refractivity contribution in [3.05, 3.63) is 82.9 Å². The fourth-order valence-corrected chi connectivity index (χ4v) is 3.30. The highest BCUT2D eigenvalue weighted by Gasteiger charge is 2.33. The molecule has 0 unspecified atom stereocenters. The lowest BCUT2D eigenvalue weighted by Gasteiger charge is -2.31. The minimum absolute atomic E-state index is 0.103. The summed E-state index contributed by atoms with van der Waals surface area (Å²) >= 11 is 0. The van der Waals surface area contributed by atoms with Crippen molar-refractivity contribution < 1.29 is 23.9 Å². The third kappa shape index (κ3) is 4.25. The molecule has 1 aliphatic heterocycles. The van der Waals surface area contributed by atoms with E-state index in [0.717, 1.165) is 11.1 Å². The van der Waals surface area contributed by atoms with E-state index in [9.17, 15) is 14.4 Å². The summed E-state index contributed by atoms with van der Waals surface area (Å²) in [6.45, 7) is 0.777. The van der Waals surface area contributed by atoms with E-state index in [4.69, 9.17) is 9.52 Å². The molecule has 3 amide bonds. The first-order chi connectivity index (χ1) is 14.9. The van der Waals surface area contributed by atoms with Crippen LogP contribution < -0.4 is 10.2 Å². The molecule has 0 aliphatic carbocycles. The summed E-state index contributed by atoms with van der Waals surface area (Å²) in [6.07, 6.45) is 0. The fraction of sp³-hybridized carbons (Fsp3) is 0.182. The number of amides is 3. The smallest absolute Gasteiger partial charge is 0.335 e. The Balaban J connectivity index is 1.46. The van der Waals surface area contributed by atoms with Gasteiger partial charge in [0.1, 0.15) is 5.69 Å². The van der Waals surface area contributed by atoms with Crippen molar-refractivity contribution in [3.8, 4) is 0 Å². The molecule has 0 saturated carbocycles. The number of carbonyl (C=O) groups is 3. The van der Waals surface area contributed by atoms with Crippen LogP contribution >= 0.6 is 0 Å². The van der Waals surface area contributed by atoms with Crippen LogP contribution in [-0.2, 0) is 19.6 Å². The van der Waals surface area contributed by atoms with Gasteiger partial charge in [-0.05, 0) is 23.3 Å². The second-order valence-corrected chi connectivity index (χ2v) is 7.14. The molecule has 0 bridgehead atoms. The van der Waals surface area contributed by atoms with Crippen LogP contribution in [0, 0.1) is 0 Å². The highest BCUT2D eigenvalue weighted by Crippen LogP contribution is 2.29. The van der Waals surface area contributed by atoms with Crippen molar-refractivity contribution >= 4 is 23.8 Å². The Morgan fingerprint density at radius 3 is 2.48 bits per heavy atom. The van der Waals surface area contributed by atoms with Crippen LogP contribution in [0.15, 0.2) is 59.0 Å². The molecule has 31 heavy (non-hydrogen) atoms. The molecule has 0 spiro atoms. The molecule has 9 heteroatoms. The molecule has 1 aromatic heterocycles. The van der Waals surface area contributed by atoms with E-state index in [2.05, 4.69) is 10.3 Å². The van der Waals surface area contributed by atoms with Gasteiger partial charge in [-0.15, -0.1) is 0 Å². The van der Waals surface area contributed by atoms with Crippen LogP contribution in [-0.4, -0.2) is 39.9 Å². The number of rotatable bonds is 6. The number of aromatic carboxylic acids is 1. The molecule has 1 aliphatic rings. The Morgan fingerprint density at radius 2 is 1.81 bits per heavy atom. The molecule has 0 fully saturated rings. The number of carboxylic acids is 1. The number of aromatic nitrogens is 1. The average Bonchev–Trinajstić information content (AvgIpc) is 3.21. The van der Waals surface area contributed by atoms with E-state index in [-0.39, 0.29) is 36.5 Å². The SMILES string of the molecule is CN1C(=O)N(Cc2ccc(C(=O)O)cc2)Cc2nc(C(=O)NCc3ccccc3)oc21. The van der Waals surface area contributed by atoms with Gasteiger partial charge in [-0.25, -0.2) is 14.6 Å². The van der Waals surface area contributed by atoms with Crippen molar-refractivity contribution in [2.24, 2.45) is 0 Å². The Kier molecular flexibility index (Phi) is 5.40. The van der Waals surface area contributed by atoms with Crippen LogP contribution in [0.1, 0.15) is 37.9 Å². The van der Waals surface area contributed by atoms with Gasteiger partial charge in [0, 0.05) is 20.1 Å². The van der Waals surface area contributed by atoms with Gasteiger partial charge in [-0.1, -0.05) is 42.5 Å². The number of hydrogen-bond acceptors (Lipinski definition) is 5. The molecule has 9 nitrogen and oxygen atoms in total. The summed E-state index contributed by atoms with van der Waals surface area (Å²) in [6, 6.07) is 15.5. The zero-order valence-electron chi connectivity index (χ0n) is 16.7. The summed E-state index contributed by atoms with van der Waals surface area (Å²) in [5.74, 6) is -1.33. The number of carboxylic acid groups (broad SMARTS) is 1. The van der Waals surface area contributed by atoms with Gasteiger partial charge in [0.2, 0.25) is 5.88 Å². The predicted octanol–water partition coefficient (Wildman–Crippen LogP) is 2.87. The second kappa shape index (κ2) is 8.31. The van der Waals surface area contributed by atoms with E-state index < -0.39 is 11.9 Å². The summed E-state index contributed by atoms with van der Waals surface area (Å²) in [7, 11) is 1.55. The average molecular weight is 420 g/mol. The number of urea groups is 1. The monoisotopic (exact) mass is 420 g/mol. The molecule has 0 saturated heterocycles. The minimum Gasteiger partial charge on any atom is -0.478 e. The molecule has 2 N–H and O–H groups in total. The van der Waals surface area contributed by atoms with Gasteiger partial charge < -0.3 is 19.7 Å². The minimum atomic E-state index is -1.01. The Hall–Kier alpha value is -4.14. The maximum Gasteiger partial charge on any atom is 0.335 e. The van der Waals surface area contributed by atoms with Crippen LogP contribution in [0.2, 0.25) is 0 Å². The molecule has 0 radical (unpaired) electrons. The number of hydrogen-bond donors (Lipinski definition) is 2.